The second-order valence-electron chi connectivity index (χ2n) is 15.8. The lowest BCUT2D eigenvalue weighted by molar-refractivity contribution is 0.324. The topological polar surface area (TPSA) is 26.0 Å². The molecule has 0 saturated heterocycles. The summed E-state index contributed by atoms with van der Waals surface area (Å²) in [5, 5.41) is 4.95. The highest BCUT2D eigenvalue weighted by atomic mass is 16.3. The molecule has 0 spiro atoms. The van der Waals surface area contributed by atoms with Crippen LogP contribution in [-0.2, 0) is 22.7 Å². The molecule has 2 nitrogen and oxygen atoms in total. The van der Waals surface area contributed by atoms with Gasteiger partial charge in [0.15, 0.2) is 5.58 Å². The van der Waals surface area contributed by atoms with Gasteiger partial charge in [-0.15, -0.1) is 0 Å². The summed E-state index contributed by atoms with van der Waals surface area (Å²) in [5.41, 5.74) is 10.1. The first-order valence-corrected chi connectivity index (χ1v) is 15.0. The van der Waals surface area contributed by atoms with E-state index in [4.69, 9.17) is 9.40 Å². The number of benzene rings is 3. The minimum atomic E-state index is 0.00786. The highest BCUT2D eigenvalue weighted by Gasteiger charge is 2.42. The summed E-state index contributed by atoms with van der Waals surface area (Å²) in [6.07, 6.45) is 5.36. The Hall–Kier alpha value is -3.13. The Morgan fingerprint density at radius 1 is 0.750 bits per heavy atom. The number of pyridine rings is 1. The van der Waals surface area contributed by atoms with Crippen molar-refractivity contribution in [2.45, 2.75) is 105 Å². The third-order valence-corrected chi connectivity index (χ3v) is 9.15. The average molecular weight is 532 g/mol. The molecule has 2 aromatic heterocycles. The van der Waals surface area contributed by atoms with Crippen molar-refractivity contribution in [2.75, 3.05) is 0 Å². The van der Waals surface area contributed by atoms with E-state index in [1.807, 2.05) is 6.20 Å². The normalized spacial score (nSPS) is 17.1. The SMILES string of the molecule is CC(C)(C)Cc1cc2c(oc3c(-c4cc(C(C)(C)C)c5ccccc5c4)nccc32)c2c1C(C)(C)CCC2(C)C. The Balaban J connectivity index is 1.71. The van der Waals surface area contributed by atoms with E-state index in [0.717, 1.165) is 35.3 Å². The van der Waals surface area contributed by atoms with Gasteiger partial charge in [-0.2, -0.15) is 0 Å². The molecule has 208 valence electrons. The van der Waals surface area contributed by atoms with Gasteiger partial charge < -0.3 is 4.42 Å². The van der Waals surface area contributed by atoms with Crippen molar-refractivity contribution in [1.29, 1.82) is 0 Å². The molecular weight excluding hydrogens is 486 g/mol. The first-order chi connectivity index (χ1) is 18.6. The maximum atomic E-state index is 7.03. The van der Waals surface area contributed by atoms with Crippen LogP contribution in [0.2, 0.25) is 0 Å². The zero-order valence-electron chi connectivity index (χ0n) is 26.2. The van der Waals surface area contributed by atoms with Crippen molar-refractivity contribution in [3.8, 4) is 11.3 Å². The van der Waals surface area contributed by atoms with Gasteiger partial charge >= 0.3 is 0 Å². The fraction of sp³-hybridized carbons (Fsp3) is 0.447. The molecule has 0 aliphatic heterocycles. The van der Waals surface area contributed by atoms with Crippen molar-refractivity contribution in [2.24, 2.45) is 5.41 Å². The summed E-state index contributed by atoms with van der Waals surface area (Å²) in [5.74, 6) is 0. The summed E-state index contributed by atoms with van der Waals surface area (Å²) in [4.78, 5) is 4.97. The van der Waals surface area contributed by atoms with Crippen molar-refractivity contribution in [3.63, 3.8) is 0 Å². The second kappa shape index (κ2) is 8.68. The number of hydrogen-bond acceptors (Lipinski definition) is 2. The third kappa shape index (κ3) is 4.35. The zero-order chi connectivity index (χ0) is 28.8. The first kappa shape index (κ1) is 27.1. The third-order valence-electron chi connectivity index (χ3n) is 9.15. The average Bonchev–Trinajstić information content (AvgIpc) is 3.22. The Bertz CT molecular complexity index is 1780. The molecular formula is C38H45NO. The largest absolute Gasteiger partial charge is 0.453 e. The van der Waals surface area contributed by atoms with Crippen LogP contribution in [0.25, 0.3) is 44.0 Å². The van der Waals surface area contributed by atoms with E-state index in [9.17, 15) is 0 Å². The van der Waals surface area contributed by atoms with Crippen LogP contribution in [0, 0.1) is 5.41 Å². The maximum absolute atomic E-state index is 7.03. The van der Waals surface area contributed by atoms with Gasteiger partial charge in [0, 0.05) is 28.1 Å². The quantitative estimate of drug-likeness (QED) is 0.226. The molecule has 3 aromatic carbocycles. The van der Waals surface area contributed by atoms with Crippen molar-refractivity contribution < 1.29 is 4.42 Å². The molecule has 0 unspecified atom stereocenters. The van der Waals surface area contributed by atoms with Crippen LogP contribution in [-0.4, -0.2) is 4.98 Å². The fourth-order valence-electron chi connectivity index (χ4n) is 7.17. The van der Waals surface area contributed by atoms with E-state index >= 15 is 0 Å². The number of rotatable bonds is 2. The molecule has 0 saturated carbocycles. The van der Waals surface area contributed by atoms with Gasteiger partial charge in [-0.1, -0.05) is 93.5 Å². The van der Waals surface area contributed by atoms with Gasteiger partial charge in [-0.3, -0.25) is 4.98 Å². The van der Waals surface area contributed by atoms with E-state index in [1.54, 1.807) is 0 Å². The molecule has 6 rings (SSSR count). The molecule has 0 atom stereocenters. The molecule has 0 N–H and O–H groups in total. The van der Waals surface area contributed by atoms with Gasteiger partial charge in [0.1, 0.15) is 11.3 Å². The Morgan fingerprint density at radius 3 is 2.10 bits per heavy atom. The van der Waals surface area contributed by atoms with Gasteiger partial charge in [0.05, 0.1) is 0 Å². The highest BCUT2D eigenvalue weighted by Crippen LogP contribution is 2.52. The lowest BCUT2D eigenvalue weighted by atomic mass is 9.60. The van der Waals surface area contributed by atoms with Crippen molar-refractivity contribution >= 4 is 32.7 Å². The predicted molar refractivity (Wildman–Crippen MR) is 172 cm³/mol. The molecule has 0 fully saturated rings. The zero-order valence-corrected chi connectivity index (χ0v) is 26.2. The molecule has 2 heterocycles. The van der Waals surface area contributed by atoms with Crippen LogP contribution in [0.3, 0.4) is 0 Å². The molecule has 0 radical (unpaired) electrons. The highest BCUT2D eigenvalue weighted by molar-refractivity contribution is 6.11. The van der Waals surface area contributed by atoms with Gasteiger partial charge in [0.25, 0.3) is 0 Å². The second-order valence-corrected chi connectivity index (χ2v) is 15.8. The Labute approximate surface area is 240 Å². The summed E-state index contributed by atoms with van der Waals surface area (Å²) >= 11 is 0. The molecule has 0 bridgehead atoms. The predicted octanol–water partition coefficient (Wildman–Crippen LogP) is 11.0. The molecule has 1 aliphatic carbocycles. The first-order valence-electron chi connectivity index (χ1n) is 15.0. The summed E-state index contributed by atoms with van der Waals surface area (Å²) < 4.78 is 7.03. The minimum absolute atomic E-state index is 0.00786. The van der Waals surface area contributed by atoms with E-state index in [0.29, 0.717) is 0 Å². The monoisotopic (exact) mass is 531 g/mol. The summed E-state index contributed by atoms with van der Waals surface area (Å²) in [6.45, 7) is 23.6. The molecule has 5 aromatic rings. The molecule has 2 heteroatoms. The number of furan rings is 1. The van der Waals surface area contributed by atoms with E-state index < -0.39 is 0 Å². The maximum Gasteiger partial charge on any atom is 0.161 e. The van der Waals surface area contributed by atoms with Gasteiger partial charge in [-0.25, -0.2) is 0 Å². The van der Waals surface area contributed by atoms with Crippen molar-refractivity contribution in [3.05, 3.63) is 77.0 Å². The number of fused-ring (bicyclic) bond motifs is 6. The van der Waals surface area contributed by atoms with Gasteiger partial charge in [-0.05, 0) is 92.7 Å². The van der Waals surface area contributed by atoms with Crippen LogP contribution in [0.4, 0.5) is 0 Å². The Kier molecular flexibility index (Phi) is 5.87. The summed E-state index contributed by atoms with van der Waals surface area (Å²) in [7, 11) is 0. The molecule has 0 amide bonds. The van der Waals surface area contributed by atoms with Crippen LogP contribution in [0.15, 0.2) is 59.1 Å². The van der Waals surface area contributed by atoms with Crippen LogP contribution in [0.5, 0.6) is 0 Å². The standard InChI is InChI=1S/C38H45NO/c1-35(2,3)22-25-20-28-27-15-18-39-32(24-19-23-13-11-12-14-26(23)29(21-24)36(4,5)6)34(27)40-33(28)31-30(25)37(7,8)16-17-38(31,9)10/h11-15,18-21H,16-17,22H2,1-10H3. The van der Waals surface area contributed by atoms with E-state index in [1.165, 1.54) is 50.2 Å². The lowest BCUT2D eigenvalue weighted by Gasteiger charge is -2.43. The number of nitrogens with zero attached hydrogens (tertiary/aromatic N) is 1. The molecule has 40 heavy (non-hydrogen) atoms. The van der Waals surface area contributed by atoms with Crippen LogP contribution < -0.4 is 0 Å². The van der Waals surface area contributed by atoms with Crippen LogP contribution in [0.1, 0.15) is 104 Å². The van der Waals surface area contributed by atoms with E-state index in [-0.39, 0.29) is 21.7 Å². The van der Waals surface area contributed by atoms with Crippen molar-refractivity contribution in [1.82, 2.24) is 4.98 Å². The number of aromatic nitrogens is 1. The van der Waals surface area contributed by atoms with Gasteiger partial charge in [0.2, 0.25) is 0 Å². The Morgan fingerprint density at radius 2 is 1.43 bits per heavy atom. The molecule has 1 aliphatic rings. The lowest BCUT2D eigenvalue weighted by Crippen LogP contribution is -2.35. The van der Waals surface area contributed by atoms with E-state index in [2.05, 4.69) is 118 Å². The minimum Gasteiger partial charge on any atom is -0.453 e. The van der Waals surface area contributed by atoms with Crippen LogP contribution >= 0.6 is 0 Å². The summed E-state index contributed by atoms with van der Waals surface area (Å²) in [6, 6.07) is 18.0. The number of hydrogen-bond donors (Lipinski definition) is 0. The fourth-order valence-corrected chi connectivity index (χ4v) is 7.17. The smallest absolute Gasteiger partial charge is 0.161 e.